The molecule has 0 saturated carbocycles. The van der Waals surface area contributed by atoms with Crippen molar-refractivity contribution in [1.29, 1.82) is 0 Å². The number of ether oxygens (including phenoxy) is 1. The molecule has 0 aliphatic rings. The molecule has 0 spiro atoms. The lowest BCUT2D eigenvalue weighted by Crippen LogP contribution is -2.34. The van der Waals surface area contributed by atoms with Crippen LogP contribution in [0.2, 0.25) is 0 Å². The van der Waals surface area contributed by atoms with Crippen molar-refractivity contribution in [1.82, 2.24) is 10.6 Å². The quantitative estimate of drug-likeness (QED) is 0.507. The summed E-state index contributed by atoms with van der Waals surface area (Å²) in [6.45, 7) is -0.455. The fourth-order valence-corrected chi connectivity index (χ4v) is 2.94. The molecule has 2 N–H and O–H groups in total. The molecule has 0 bridgehead atoms. The minimum absolute atomic E-state index is 0.319. The lowest BCUT2D eigenvalue weighted by molar-refractivity contribution is -0.147. The van der Waals surface area contributed by atoms with Crippen molar-refractivity contribution in [3.05, 3.63) is 95.8 Å². The predicted octanol–water partition coefficient (Wildman–Crippen LogP) is 3.12. The zero-order valence-electron chi connectivity index (χ0n) is 17.3. The zero-order chi connectivity index (χ0) is 22.8. The Hall–Kier alpha value is -4.00. The molecule has 2 amide bonds. The van der Waals surface area contributed by atoms with Crippen molar-refractivity contribution >= 4 is 17.8 Å². The minimum atomic E-state index is -0.715. The molecule has 0 fully saturated rings. The van der Waals surface area contributed by atoms with Gasteiger partial charge in [0.2, 0.25) is 0 Å². The zero-order valence-corrected chi connectivity index (χ0v) is 17.3. The van der Waals surface area contributed by atoms with E-state index in [-0.39, 0.29) is 12.4 Å². The molecular weight excluding hydrogens is 411 g/mol. The maximum atomic E-state index is 12.9. The van der Waals surface area contributed by atoms with Gasteiger partial charge in [-0.05, 0) is 47.4 Å². The van der Waals surface area contributed by atoms with Gasteiger partial charge >= 0.3 is 5.97 Å². The Bertz CT molecular complexity index is 1050. The van der Waals surface area contributed by atoms with E-state index in [1.54, 1.807) is 24.3 Å². The molecule has 3 rings (SSSR count). The second kappa shape index (κ2) is 11.4. The molecule has 7 heteroatoms. The molecule has 3 aromatic rings. The molecule has 0 aliphatic carbocycles. The fourth-order valence-electron chi connectivity index (χ4n) is 2.94. The normalized spacial score (nSPS) is 10.3. The van der Waals surface area contributed by atoms with E-state index in [9.17, 15) is 18.8 Å². The van der Waals surface area contributed by atoms with Gasteiger partial charge in [0.25, 0.3) is 11.8 Å². The van der Waals surface area contributed by atoms with Gasteiger partial charge in [0, 0.05) is 12.1 Å². The van der Waals surface area contributed by atoms with Gasteiger partial charge in [-0.2, -0.15) is 0 Å². The first-order valence-electron chi connectivity index (χ1n) is 10.1. The van der Waals surface area contributed by atoms with Gasteiger partial charge < -0.3 is 15.4 Å². The Labute approximate surface area is 185 Å². The van der Waals surface area contributed by atoms with Gasteiger partial charge in [0.15, 0.2) is 6.61 Å². The molecule has 6 nitrogen and oxygen atoms in total. The van der Waals surface area contributed by atoms with Crippen LogP contribution in [0.3, 0.4) is 0 Å². The van der Waals surface area contributed by atoms with Crippen LogP contribution in [0.5, 0.6) is 0 Å². The molecule has 0 aromatic heterocycles. The highest BCUT2D eigenvalue weighted by Crippen LogP contribution is 2.19. The molecule has 0 unspecified atom stereocenters. The van der Waals surface area contributed by atoms with Gasteiger partial charge in [-0.15, -0.1) is 0 Å². The van der Waals surface area contributed by atoms with E-state index in [4.69, 9.17) is 4.74 Å². The summed E-state index contributed by atoms with van der Waals surface area (Å²) in [5.41, 5.74) is 3.31. The number of benzene rings is 3. The maximum Gasteiger partial charge on any atom is 0.325 e. The number of nitrogens with one attached hydrogen (secondary N) is 2. The lowest BCUT2D eigenvalue weighted by Gasteiger charge is -2.08. The summed E-state index contributed by atoms with van der Waals surface area (Å²) in [5, 5.41) is 5.09. The largest absolute Gasteiger partial charge is 0.454 e. The summed E-state index contributed by atoms with van der Waals surface area (Å²) >= 11 is 0. The summed E-state index contributed by atoms with van der Waals surface area (Å²) in [6.07, 6.45) is 0.527. The van der Waals surface area contributed by atoms with Crippen molar-refractivity contribution in [2.75, 3.05) is 19.7 Å². The Kier molecular flexibility index (Phi) is 8.09. The van der Waals surface area contributed by atoms with Crippen LogP contribution in [0.1, 0.15) is 15.9 Å². The first kappa shape index (κ1) is 22.7. The summed E-state index contributed by atoms with van der Waals surface area (Å²) < 4.78 is 17.7. The summed E-state index contributed by atoms with van der Waals surface area (Å²) in [7, 11) is 0. The standard InChI is InChI=1S/C25H23FN2O4/c26-22-12-6-18(7-13-22)14-15-27-23(29)17-32-24(30)16-28-25(31)21-10-8-20(9-11-21)19-4-2-1-3-5-19/h1-13H,14-17H2,(H,27,29)(H,28,31). The maximum absolute atomic E-state index is 12.9. The topological polar surface area (TPSA) is 84.5 Å². The highest BCUT2D eigenvalue weighted by atomic mass is 19.1. The fraction of sp³-hybridized carbons (Fsp3) is 0.160. The van der Waals surface area contributed by atoms with Crippen molar-refractivity contribution < 1.29 is 23.5 Å². The van der Waals surface area contributed by atoms with Gasteiger partial charge in [-0.25, -0.2) is 4.39 Å². The average molecular weight is 434 g/mol. The molecule has 0 atom stereocenters. The van der Waals surface area contributed by atoms with Crippen LogP contribution in [0.25, 0.3) is 11.1 Å². The van der Waals surface area contributed by atoms with E-state index >= 15 is 0 Å². The Balaban J connectivity index is 1.34. The monoisotopic (exact) mass is 434 g/mol. The van der Waals surface area contributed by atoms with E-state index in [0.29, 0.717) is 18.5 Å². The summed E-state index contributed by atoms with van der Waals surface area (Å²) in [5.74, 6) is -1.90. The van der Waals surface area contributed by atoms with Gasteiger partial charge in [-0.3, -0.25) is 14.4 Å². The third-order valence-electron chi connectivity index (χ3n) is 4.66. The summed E-state index contributed by atoms with van der Waals surface area (Å²) in [6, 6.07) is 22.8. The first-order chi connectivity index (χ1) is 15.5. The smallest absolute Gasteiger partial charge is 0.325 e. The second-order valence-corrected chi connectivity index (χ2v) is 7.01. The number of rotatable bonds is 9. The van der Waals surface area contributed by atoms with E-state index in [2.05, 4.69) is 10.6 Å². The predicted molar refractivity (Wildman–Crippen MR) is 118 cm³/mol. The van der Waals surface area contributed by atoms with Crippen molar-refractivity contribution in [2.45, 2.75) is 6.42 Å². The lowest BCUT2D eigenvalue weighted by atomic mass is 10.0. The highest BCUT2D eigenvalue weighted by molar-refractivity contribution is 5.96. The Morgan fingerprint density at radius 1 is 0.781 bits per heavy atom. The van der Waals surface area contributed by atoms with Crippen molar-refractivity contribution in [3.8, 4) is 11.1 Å². The van der Waals surface area contributed by atoms with Crippen LogP contribution in [0.4, 0.5) is 4.39 Å². The molecule has 0 aliphatic heterocycles. The number of carbonyl (C=O) groups is 3. The Morgan fingerprint density at radius 3 is 2.12 bits per heavy atom. The van der Waals surface area contributed by atoms with E-state index < -0.39 is 24.4 Å². The molecule has 164 valence electrons. The number of esters is 1. The van der Waals surface area contributed by atoms with E-state index in [1.807, 2.05) is 42.5 Å². The third-order valence-corrected chi connectivity index (χ3v) is 4.66. The minimum Gasteiger partial charge on any atom is -0.454 e. The molecule has 32 heavy (non-hydrogen) atoms. The van der Waals surface area contributed by atoms with Crippen LogP contribution in [0, 0.1) is 5.82 Å². The van der Waals surface area contributed by atoms with Crippen LogP contribution in [-0.4, -0.2) is 37.5 Å². The Morgan fingerprint density at radius 2 is 1.44 bits per heavy atom. The second-order valence-electron chi connectivity index (χ2n) is 7.01. The van der Waals surface area contributed by atoms with Gasteiger partial charge in [0.1, 0.15) is 12.4 Å². The van der Waals surface area contributed by atoms with Gasteiger partial charge in [-0.1, -0.05) is 54.6 Å². The number of hydrogen-bond acceptors (Lipinski definition) is 4. The van der Waals surface area contributed by atoms with E-state index in [0.717, 1.165) is 16.7 Å². The number of halogens is 1. The van der Waals surface area contributed by atoms with E-state index in [1.165, 1.54) is 12.1 Å². The van der Waals surface area contributed by atoms with Crippen LogP contribution in [0.15, 0.2) is 78.9 Å². The van der Waals surface area contributed by atoms with Crippen LogP contribution < -0.4 is 10.6 Å². The number of carbonyl (C=O) groups excluding carboxylic acids is 3. The molecular formula is C25H23FN2O4. The molecule has 0 radical (unpaired) electrons. The molecule has 3 aromatic carbocycles. The SMILES string of the molecule is O=C(COC(=O)CNC(=O)c1ccc(-c2ccccc2)cc1)NCCc1ccc(F)cc1. The van der Waals surface area contributed by atoms with Gasteiger partial charge in [0.05, 0.1) is 0 Å². The number of amides is 2. The summed E-state index contributed by atoms with van der Waals surface area (Å²) in [4.78, 5) is 35.8. The molecule has 0 heterocycles. The third kappa shape index (κ3) is 7.05. The first-order valence-corrected chi connectivity index (χ1v) is 10.1. The average Bonchev–Trinajstić information content (AvgIpc) is 2.83. The van der Waals surface area contributed by atoms with Crippen LogP contribution in [-0.2, 0) is 20.7 Å². The number of hydrogen-bond donors (Lipinski definition) is 2. The van der Waals surface area contributed by atoms with Crippen LogP contribution >= 0.6 is 0 Å². The highest BCUT2D eigenvalue weighted by Gasteiger charge is 2.11. The molecule has 0 saturated heterocycles. The van der Waals surface area contributed by atoms with Crippen molar-refractivity contribution in [2.24, 2.45) is 0 Å². The van der Waals surface area contributed by atoms with Crippen molar-refractivity contribution in [3.63, 3.8) is 0 Å².